The zero-order chi connectivity index (χ0) is 9.97. The number of H-pyrrole nitrogens is 1. The van der Waals surface area contributed by atoms with Crippen molar-refractivity contribution in [2.45, 2.75) is 31.7 Å². The van der Waals surface area contributed by atoms with E-state index in [1.165, 1.54) is 25.7 Å². The van der Waals surface area contributed by atoms with Gasteiger partial charge in [-0.2, -0.15) is 5.10 Å². The summed E-state index contributed by atoms with van der Waals surface area (Å²) in [6.07, 6.45) is 6.43. The molecule has 1 unspecified atom stereocenters. The fourth-order valence-corrected chi connectivity index (χ4v) is 2.37. The lowest BCUT2D eigenvalue weighted by atomic mass is 9.98. The molecule has 1 saturated carbocycles. The highest BCUT2D eigenvalue weighted by Gasteiger charge is 2.26. The summed E-state index contributed by atoms with van der Waals surface area (Å²) in [7, 11) is 0. The van der Waals surface area contributed by atoms with Crippen LogP contribution in [0.4, 0.5) is 0 Å². The summed E-state index contributed by atoms with van der Waals surface area (Å²) in [6, 6.07) is 0.128. The Hall–Kier alpha value is -1.10. The fourth-order valence-electron chi connectivity index (χ4n) is 2.37. The van der Waals surface area contributed by atoms with Crippen LogP contribution in [0.3, 0.4) is 0 Å². The quantitative estimate of drug-likeness (QED) is 0.728. The first-order valence-electron chi connectivity index (χ1n) is 5.14. The van der Waals surface area contributed by atoms with Crippen LogP contribution < -0.4 is 11.4 Å². The van der Waals surface area contributed by atoms with Crippen molar-refractivity contribution >= 4 is 0 Å². The Morgan fingerprint density at radius 3 is 2.86 bits per heavy atom. The van der Waals surface area contributed by atoms with Crippen molar-refractivity contribution in [3.05, 3.63) is 16.8 Å². The van der Waals surface area contributed by atoms with Gasteiger partial charge in [-0.05, 0) is 18.8 Å². The molecular formula is C9H16N4O. The molecule has 0 aromatic carbocycles. The third kappa shape index (κ3) is 1.59. The molecule has 5 heteroatoms. The summed E-state index contributed by atoms with van der Waals surface area (Å²) < 4.78 is 1.63. The molecular weight excluding hydrogens is 180 g/mol. The van der Waals surface area contributed by atoms with Gasteiger partial charge in [0.1, 0.15) is 6.33 Å². The van der Waals surface area contributed by atoms with E-state index in [1.54, 1.807) is 10.9 Å². The summed E-state index contributed by atoms with van der Waals surface area (Å²) in [6.45, 7) is 0.518. The predicted molar refractivity (Wildman–Crippen MR) is 52.9 cm³/mol. The number of hydrogen-bond acceptors (Lipinski definition) is 3. The number of nitrogens with zero attached hydrogens (tertiary/aromatic N) is 2. The van der Waals surface area contributed by atoms with Crippen LogP contribution in [0.1, 0.15) is 31.7 Å². The molecule has 2 rings (SSSR count). The number of hydrogen-bond donors (Lipinski definition) is 2. The number of aromatic nitrogens is 3. The largest absolute Gasteiger partial charge is 0.343 e. The lowest BCUT2D eigenvalue weighted by molar-refractivity contribution is 0.335. The number of rotatable bonds is 3. The molecule has 0 radical (unpaired) electrons. The molecule has 0 saturated heterocycles. The molecule has 14 heavy (non-hydrogen) atoms. The van der Waals surface area contributed by atoms with Crippen molar-refractivity contribution in [1.29, 1.82) is 0 Å². The summed E-state index contributed by atoms with van der Waals surface area (Å²) in [5.41, 5.74) is 5.57. The second-order valence-corrected chi connectivity index (χ2v) is 3.92. The van der Waals surface area contributed by atoms with Crippen molar-refractivity contribution in [3.8, 4) is 0 Å². The molecule has 0 bridgehead atoms. The first-order chi connectivity index (χ1) is 6.83. The van der Waals surface area contributed by atoms with Crippen LogP contribution in [0, 0.1) is 5.92 Å². The highest BCUT2D eigenvalue weighted by molar-refractivity contribution is 4.83. The van der Waals surface area contributed by atoms with Gasteiger partial charge in [0.05, 0.1) is 6.04 Å². The van der Waals surface area contributed by atoms with Gasteiger partial charge in [-0.15, -0.1) is 0 Å². The van der Waals surface area contributed by atoms with Crippen LogP contribution >= 0.6 is 0 Å². The van der Waals surface area contributed by atoms with E-state index in [0.717, 1.165) is 0 Å². The Kier molecular flexibility index (Phi) is 2.67. The van der Waals surface area contributed by atoms with Gasteiger partial charge in [0.25, 0.3) is 0 Å². The highest BCUT2D eigenvalue weighted by Crippen LogP contribution is 2.32. The molecule has 1 heterocycles. The van der Waals surface area contributed by atoms with Crippen molar-refractivity contribution in [2.24, 2.45) is 11.7 Å². The van der Waals surface area contributed by atoms with E-state index in [4.69, 9.17) is 5.73 Å². The van der Waals surface area contributed by atoms with E-state index >= 15 is 0 Å². The van der Waals surface area contributed by atoms with Crippen LogP contribution in [-0.4, -0.2) is 21.3 Å². The summed E-state index contributed by atoms with van der Waals surface area (Å²) in [5, 5.41) is 6.14. The molecule has 78 valence electrons. The molecule has 1 atom stereocenters. The molecule has 1 aliphatic carbocycles. The summed E-state index contributed by atoms with van der Waals surface area (Å²) >= 11 is 0. The molecule has 0 amide bonds. The molecule has 1 aromatic heterocycles. The third-order valence-corrected chi connectivity index (χ3v) is 3.12. The van der Waals surface area contributed by atoms with Crippen LogP contribution in [0.25, 0.3) is 0 Å². The second-order valence-electron chi connectivity index (χ2n) is 3.92. The molecule has 5 nitrogen and oxygen atoms in total. The Labute approximate surface area is 82.3 Å². The third-order valence-electron chi connectivity index (χ3n) is 3.12. The lowest BCUT2D eigenvalue weighted by Crippen LogP contribution is -2.31. The maximum absolute atomic E-state index is 11.4. The Morgan fingerprint density at radius 2 is 2.36 bits per heavy atom. The Balaban J connectivity index is 2.20. The van der Waals surface area contributed by atoms with Crippen molar-refractivity contribution in [2.75, 3.05) is 6.54 Å². The average Bonchev–Trinajstić information content (AvgIpc) is 2.80. The molecule has 1 aliphatic rings. The van der Waals surface area contributed by atoms with E-state index in [-0.39, 0.29) is 11.7 Å². The first-order valence-corrected chi connectivity index (χ1v) is 5.14. The maximum Gasteiger partial charge on any atom is 0.343 e. The van der Waals surface area contributed by atoms with E-state index in [1.807, 2.05) is 0 Å². The number of nitrogens with two attached hydrogens (primary N) is 1. The van der Waals surface area contributed by atoms with Crippen LogP contribution in [0.5, 0.6) is 0 Å². The normalized spacial score (nSPS) is 20.1. The molecule has 0 spiro atoms. The van der Waals surface area contributed by atoms with Gasteiger partial charge in [-0.1, -0.05) is 12.8 Å². The Morgan fingerprint density at radius 1 is 1.64 bits per heavy atom. The maximum atomic E-state index is 11.4. The molecule has 1 aromatic rings. The number of nitrogens with one attached hydrogen (secondary N) is 1. The van der Waals surface area contributed by atoms with Crippen molar-refractivity contribution < 1.29 is 0 Å². The van der Waals surface area contributed by atoms with Crippen LogP contribution in [-0.2, 0) is 0 Å². The van der Waals surface area contributed by atoms with Gasteiger partial charge in [-0.3, -0.25) is 4.57 Å². The van der Waals surface area contributed by atoms with Gasteiger partial charge < -0.3 is 5.73 Å². The summed E-state index contributed by atoms with van der Waals surface area (Å²) in [5.74, 6) is 0.551. The highest BCUT2D eigenvalue weighted by atomic mass is 16.1. The second kappa shape index (κ2) is 3.96. The van der Waals surface area contributed by atoms with Crippen LogP contribution in [0.2, 0.25) is 0 Å². The predicted octanol–water partition coefficient (Wildman–Crippen LogP) is 0.261. The molecule has 3 N–H and O–H groups in total. The smallest absolute Gasteiger partial charge is 0.328 e. The van der Waals surface area contributed by atoms with Gasteiger partial charge in [0.2, 0.25) is 0 Å². The van der Waals surface area contributed by atoms with Gasteiger partial charge in [0, 0.05) is 6.54 Å². The topological polar surface area (TPSA) is 76.7 Å². The molecule has 1 fully saturated rings. The van der Waals surface area contributed by atoms with E-state index in [9.17, 15) is 4.79 Å². The monoisotopic (exact) mass is 196 g/mol. The zero-order valence-corrected chi connectivity index (χ0v) is 8.15. The van der Waals surface area contributed by atoms with Gasteiger partial charge in [0.15, 0.2) is 0 Å². The van der Waals surface area contributed by atoms with E-state index < -0.39 is 0 Å². The van der Waals surface area contributed by atoms with Crippen molar-refractivity contribution in [1.82, 2.24) is 14.8 Å². The van der Waals surface area contributed by atoms with Gasteiger partial charge in [-0.25, -0.2) is 9.89 Å². The van der Waals surface area contributed by atoms with Gasteiger partial charge >= 0.3 is 5.69 Å². The first kappa shape index (κ1) is 9.45. The fraction of sp³-hybridized carbons (Fsp3) is 0.778. The minimum Gasteiger partial charge on any atom is -0.328 e. The van der Waals surface area contributed by atoms with E-state index in [2.05, 4.69) is 10.2 Å². The molecule has 0 aliphatic heterocycles. The lowest BCUT2D eigenvalue weighted by Gasteiger charge is -2.21. The standard InChI is InChI=1S/C9H16N4O/c10-5-8(7-3-1-2-4-7)13-6-11-12-9(13)14/h6-8H,1-5,10H2,(H,12,14). The number of aromatic amines is 1. The SMILES string of the molecule is NCC(C1CCCC1)n1cn[nH]c1=O. The van der Waals surface area contributed by atoms with E-state index in [0.29, 0.717) is 12.5 Å². The average molecular weight is 196 g/mol. The van der Waals surface area contributed by atoms with Crippen molar-refractivity contribution in [3.63, 3.8) is 0 Å². The zero-order valence-electron chi connectivity index (χ0n) is 8.15. The minimum atomic E-state index is -0.146. The minimum absolute atomic E-state index is 0.128. The Bertz CT molecular complexity index is 337. The van der Waals surface area contributed by atoms with Crippen LogP contribution in [0.15, 0.2) is 11.1 Å². The summed E-state index contributed by atoms with van der Waals surface area (Å²) in [4.78, 5) is 11.4.